The van der Waals surface area contributed by atoms with Crippen LogP contribution in [0.25, 0.3) is 0 Å². The molecule has 0 spiro atoms. The highest BCUT2D eigenvalue weighted by Crippen LogP contribution is 2.45. The zero-order valence-corrected chi connectivity index (χ0v) is 16.4. The Balaban J connectivity index is 1.46. The Morgan fingerprint density at radius 2 is 1.78 bits per heavy atom. The second kappa shape index (κ2) is 10.2. The molecular weight excluding hydrogens is 340 g/mol. The molecule has 0 amide bonds. The Labute approximate surface area is 163 Å². The van der Waals surface area contributed by atoms with E-state index in [0.29, 0.717) is 36.7 Å². The van der Waals surface area contributed by atoms with Gasteiger partial charge >= 0.3 is 5.97 Å². The van der Waals surface area contributed by atoms with E-state index >= 15 is 0 Å². The van der Waals surface area contributed by atoms with Gasteiger partial charge in [-0.15, -0.1) is 0 Å². The minimum absolute atomic E-state index is 0.232. The number of ketones is 1. The van der Waals surface area contributed by atoms with Gasteiger partial charge in [0.1, 0.15) is 0 Å². The largest absolute Gasteiger partial charge is 0.481 e. The first-order chi connectivity index (χ1) is 13.1. The summed E-state index contributed by atoms with van der Waals surface area (Å²) in [5.74, 6) is 0.957. The van der Waals surface area contributed by atoms with Crippen LogP contribution in [0.15, 0.2) is 24.3 Å². The van der Waals surface area contributed by atoms with E-state index in [4.69, 9.17) is 9.84 Å². The molecule has 3 aliphatic rings. The molecule has 0 aromatic carbocycles. The molecule has 2 saturated heterocycles. The van der Waals surface area contributed by atoms with Crippen molar-refractivity contribution in [2.24, 2.45) is 17.8 Å². The Bertz CT molecular complexity index is 559. The third-order valence-electron chi connectivity index (χ3n) is 6.54. The van der Waals surface area contributed by atoms with Crippen molar-refractivity contribution in [2.75, 3.05) is 0 Å². The quantitative estimate of drug-likeness (QED) is 0.329. The maximum Gasteiger partial charge on any atom is 0.303 e. The minimum atomic E-state index is -0.729. The van der Waals surface area contributed by atoms with E-state index in [2.05, 4.69) is 18.2 Å². The first-order valence-corrected chi connectivity index (χ1v) is 10.9. The molecule has 4 nitrogen and oxygen atoms in total. The molecule has 1 aliphatic carbocycles. The predicted octanol–water partition coefficient (Wildman–Crippen LogP) is 5.08. The summed E-state index contributed by atoms with van der Waals surface area (Å²) in [7, 11) is 0. The van der Waals surface area contributed by atoms with Crippen LogP contribution in [0.2, 0.25) is 0 Å². The van der Waals surface area contributed by atoms with Crippen LogP contribution < -0.4 is 0 Å². The van der Waals surface area contributed by atoms with Crippen molar-refractivity contribution in [3.05, 3.63) is 24.3 Å². The summed E-state index contributed by atoms with van der Waals surface area (Å²) in [5, 5.41) is 8.68. The van der Waals surface area contributed by atoms with Gasteiger partial charge in [-0.25, -0.2) is 0 Å². The number of hydrogen-bond donors (Lipinski definition) is 1. The summed E-state index contributed by atoms with van der Waals surface area (Å²) in [6.45, 7) is 0. The van der Waals surface area contributed by atoms with E-state index < -0.39 is 5.97 Å². The van der Waals surface area contributed by atoms with Gasteiger partial charge in [-0.3, -0.25) is 9.59 Å². The Morgan fingerprint density at radius 1 is 1.00 bits per heavy atom. The molecule has 0 aromatic heterocycles. The Morgan fingerprint density at radius 3 is 2.56 bits per heavy atom. The first kappa shape index (κ1) is 20.3. The topological polar surface area (TPSA) is 63.6 Å². The fourth-order valence-corrected chi connectivity index (χ4v) is 5.09. The zero-order chi connectivity index (χ0) is 19.1. The molecule has 0 aromatic rings. The maximum absolute atomic E-state index is 12.4. The average Bonchev–Trinajstić information content (AvgIpc) is 3.25. The van der Waals surface area contributed by atoms with Crippen LogP contribution in [0.3, 0.4) is 0 Å². The highest BCUT2D eigenvalue weighted by atomic mass is 16.5. The van der Waals surface area contributed by atoms with Crippen molar-refractivity contribution in [1.29, 1.82) is 0 Å². The molecular formula is C23H34O4. The highest BCUT2D eigenvalue weighted by molar-refractivity contribution is 5.89. The number of ether oxygens (including phenoxy) is 1. The molecule has 1 N–H and O–H groups in total. The molecule has 1 saturated carbocycles. The number of carboxylic acids is 1. The van der Waals surface area contributed by atoms with E-state index in [1.54, 1.807) is 0 Å². The number of carboxylic acid groups (broad SMARTS) is 1. The smallest absolute Gasteiger partial charge is 0.303 e. The van der Waals surface area contributed by atoms with E-state index in [-0.39, 0.29) is 18.3 Å². The van der Waals surface area contributed by atoms with Gasteiger partial charge in [0.05, 0.1) is 12.2 Å². The number of allylic oxidation sites excluding steroid dienone is 3. The van der Waals surface area contributed by atoms with Gasteiger partial charge in [0, 0.05) is 18.8 Å². The first-order valence-electron chi connectivity index (χ1n) is 10.9. The average molecular weight is 375 g/mol. The molecule has 3 rings (SSSR count). The van der Waals surface area contributed by atoms with Gasteiger partial charge in [-0.05, 0) is 50.0 Å². The Hall–Kier alpha value is -1.42. The van der Waals surface area contributed by atoms with Gasteiger partial charge in [0.25, 0.3) is 0 Å². The third-order valence-corrected chi connectivity index (χ3v) is 6.54. The Kier molecular flexibility index (Phi) is 7.69. The van der Waals surface area contributed by atoms with E-state index in [9.17, 15) is 9.59 Å². The van der Waals surface area contributed by atoms with Crippen molar-refractivity contribution in [3.63, 3.8) is 0 Å². The van der Waals surface area contributed by atoms with Gasteiger partial charge in [-0.1, -0.05) is 50.3 Å². The van der Waals surface area contributed by atoms with Gasteiger partial charge in [0.2, 0.25) is 0 Å². The van der Waals surface area contributed by atoms with E-state index in [0.717, 1.165) is 25.7 Å². The van der Waals surface area contributed by atoms with Crippen molar-refractivity contribution in [1.82, 2.24) is 0 Å². The minimum Gasteiger partial charge on any atom is -0.481 e. The van der Waals surface area contributed by atoms with Crippen LogP contribution in [-0.2, 0) is 14.3 Å². The normalized spacial score (nSPS) is 31.3. The molecule has 150 valence electrons. The maximum atomic E-state index is 12.4. The number of carbonyl (C=O) groups excluding carboxylic acids is 1. The summed E-state index contributed by atoms with van der Waals surface area (Å²) in [5.41, 5.74) is 0. The van der Waals surface area contributed by atoms with Crippen LogP contribution in [0.4, 0.5) is 0 Å². The number of hydrogen-bond acceptors (Lipinski definition) is 3. The predicted molar refractivity (Wildman–Crippen MR) is 105 cm³/mol. The second-order valence-electron chi connectivity index (χ2n) is 8.56. The second-order valence-corrected chi connectivity index (χ2v) is 8.56. The van der Waals surface area contributed by atoms with Crippen LogP contribution >= 0.6 is 0 Å². The molecule has 27 heavy (non-hydrogen) atoms. The van der Waals surface area contributed by atoms with Crippen LogP contribution in [0.1, 0.15) is 77.0 Å². The summed E-state index contributed by atoms with van der Waals surface area (Å²) in [4.78, 5) is 22.9. The summed E-state index contributed by atoms with van der Waals surface area (Å²) in [6.07, 6.45) is 20.8. The van der Waals surface area contributed by atoms with Crippen LogP contribution in [0, 0.1) is 17.8 Å². The van der Waals surface area contributed by atoms with E-state index in [1.807, 2.05) is 6.08 Å². The van der Waals surface area contributed by atoms with Crippen LogP contribution in [0.5, 0.6) is 0 Å². The van der Waals surface area contributed by atoms with E-state index in [1.165, 1.54) is 32.1 Å². The molecule has 0 radical (unpaired) electrons. The number of carbonyl (C=O) groups is 2. The molecule has 3 fully saturated rings. The molecule has 2 heterocycles. The standard InChI is InChI=1S/C23H34O4/c24-18(16-17-8-4-3-5-9-17)12-13-20-19(21-14-15-22(20)27-21)10-6-1-2-7-11-23(25)26/h1,6,12-13,17,19-22H,2-5,7-11,14-16H2,(H,25,26)/t19-,20-,21+,22-/m0/s1. The van der Waals surface area contributed by atoms with Crippen molar-refractivity contribution in [3.8, 4) is 0 Å². The summed E-state index contributed by atoms with van der Waals surface area (Å²) in [6, 6.07) is 0. The molecule has 4 heteroatoms. The lowest BCUT2D eigenvalue weighted by atomic mass is 9.77. The molecule has 2 aliphatic heterocycles. The summed E-state index contributed by atoms with van der Waals surface area (Å²) >= 11 is 0. The number of fused-ring (bicyclic) bond motifs is 2. The lowest BCUT2D eigenvalue weighted by Crippen LogP contribution is -2.25. The van der Waals surface area contributed by atoms with Gasteiger partial charge in [0.15, 0.2) is 5.78 Å². The highest BCUT2D eigenvalue weighted by Gasteiger charge is 2.46. The number of aliphatic carboxylic acids is 1. The van der Waals surface area contributed by atoms with Gasteiger partial charge in [-0.2, -0.15) is 0 Å². The van der Waals surface area contributed by atoms with Gasteiger partial charge < -0.3 is 9.84 Å². The summed E-state index contributed by atoms with van der Waals surface area (Å²) < 4.78 is 6.12. The number of unbranched alkanes of at least 4 members (excludes halogenated alkanes) is 1. The molecule has 4 atom stereocenters. The van der Waals surface area contributed by atoms with Crippen LogP contribution in [-0.4, -0.2) is 29.1 Å². The number of rotatable bonds is 10. The fraction of sp³-hybridized carbons (Fsp3) is 0.739. The SMILES string of the molecule is O=C(O)CCCC=CC[C@H]1[C@H](C=CC(=O)CC2CCCCC2)[C@@H]2CC[C@H]1O2. The molecule has 0 unspecified atom stereocenters. The van der Waals surface area contributed by atoms with Crippen molar-refractivity contribution in [2.45, 2.75) is 89.3 Å². The lowest BCUT2D eigenvalue weighted by molar-refractivity contribution is -0.137. The molecule has 2 bridgehead atoms. The third kappa shape index (κ3) is 6.03. The fourth-order valence-electron chi connectivity index (χ4n) is 5.09. The van der Waals surface area contributed by atoms with Crippen molar-refractivity contribution >= 4 is 11.8 Å². The lowest BCUT2D eigenvalue weighted by Gasteiger charge is -2.24. The van der Waals surface area contributed by atoms with Crippen molar-refractivity contribution < 1.29 is 19.4 Å². The zero-order valence-electron chi connectivity index (χ0n) is 16.4. The monoisotopic (exact) mass is 374 g/mol.